The summed E-state index contributed by atoms with van der Waals surface area (Å²) in [6, 6.07) is 0. The lowest BCUT2D eigenvalue weighted by molar-refractivity contribution is -0.203. The number of carboxylic acid groups (broad SMARTS) is 1. The van der Waals surface area contributed by atoms with Crippen molar-refractivity contribution in [2.24, 2.45) is 0 Å². The Balaban J connectivity index is 2.98. The molecule has 0 aromatic carbocycles. The highest BCUT2D eigenvalue weighted by Crippen LogP contribution is 2.31. The standard InChI is InChI=1S/C7H12O7/c1-13-4-3(2-8)14-6(11)7(4,12)5(9)10/h3-4,6,8,11-12H,2H2,1H3,(H,9,10). The summed E-state index contributed by atoms with van der Waals surface area (Å²) in [5.41, 5.74) is -2.54. The minimum atomic E-state index is -2.54. The molecule has 7 nitrogen and oxygen atoms in total. The number of ether oxygens (including phenoxy) is 2. The number of aliphatic hydroxyl groups is 3. The number of carboxylic acids is 1. The van der Waals surface area contributed by atoms with Crippen LogP contribution in [0.5, 0.6) is 0 Å². The Bertz CT molecular complexity index is 230. The van der Waals surface area contributed by atoms with Crippen LogP contribution in [-0.4, -0.2) is 64.2 Å². The van der Waals surface area contributed by atoms with Crippen molar-refractivity contribution in [3.8, 4) is 0 Å². The van der Waals surface area contributed by atoms with Crippen molar-refractivity contribution in [2.45, 2.75) is 24.1 Å². The van der Waals surface area contributed by atoms with E-state index in [4.69, 9.17) is 10.2 Å². The Hall–Kier alpha value is -0.730. The van der Waals surface area contributed by atoms with E-state index >= 15 is 0 Å². The Labute approximate surface area is 79.5 Å². The van der Waals surface area contributed by atoms with Gasteiger partial charge in [0.05, 0.1) is 6.61 Å². The number of methoxy groups -OCH3 is 1. The molecular formula is C7H12O7. The smallest absolute Gasteiger partial charge is 0.344 e. The molecule has 1 saturated heterocycles. The highest BCUT2D eigenvalue weighted by molar-refractivity contribution is 5.79. The Morgan fingerprint density at radius 2 is 2.21 bits per heavy atom. The lowest BCUT2D eigenvalue weighted by Gasteiger charge is -2.25. The Morgan fingerprint density at radius 1 is 1.64 bits per heavy atom. The fraction of sp³-hybridized carbons (Fsp3) is 0.857. The highest BCUT2D eigenvalue weighted by Gasteiger charge is 2.61. The van der Waals surface area contributed by atoms with E-state index in [0.29, 0.717) is 0 Å². The van der Waals surface area contributed by atoms with Crippen LogP contribution in [0.3, 0.4) is 0 Å². The molecule has 14 heavy (non-hydrogen) atoms. The number of hydrogen-bond acceptors (Lipinski definition) is 6. The summed E-state index contributed by atoms with van der Waals surface area (Å²) in [7, 11) is 1.16. The zero-order chi connectivity index (χ0) is 10.9. The fourth-order valence-electron chi connectivity index (χ4n) is 1.46. The van der Waals surface area contributed by atoms with Gasteiger partial charge in [-0.15, -0.1) is 0 Å². The van der Waals surface area contributed by atoms with Crippen LogP contribution in [0, 0.1) is 0 Å². The van der Waals surface area contributed by atoms with Gasteiger partial charge >= 0.3 is 5.97 Å². The molecule has 1 heterocycles. The largest absolute Gasteiger partial charge is 0.479 e. The van der Waals surface area contributed by atoms with Crippen molar-refractivity contribution in [1.82, 2.24) is 0 Å². The predicted octanol–water partition coefficient (Wildman–Crippen LogP) is -2.47. The van der Waals surface area contributed by atoms with Crippen molar-refractivity contribution in [3.05, 3.63) is 0 Å². The SMILES string of the molecule is COC1C(CO)OC(O)C1(O)C(=O)O. The zero-order valence-electron chi connectivity index (χ0n) is 7.45. The van der Waals surface area contributed by atoms with Gasteiger partial charge in [0.2, 0.25) is 5.60 Å². The predicted molar refractivity (Wildman–Crippen MR) is 41.3 cm³/mol. The molecule has 0 amide bonds. The molecule has 0 aromatic heterocycles. The molecule has 1 aliphatic heterocycles. The summed E-state index contributed by atoms with van der Waals surface area (Å²) in [5, 5.41) is 36.3. The van der Waals surface area contributed by atoms with Gasteiger partial charge in [-0.1, -0.05) is 0 Å². The minimum Gasteiger partial charge on any atom is -0.479 e. The van der Waals surface area contributed by atoms with E-state index in [9.17, 15) is 15.0 Å². The van der Waals surface area contributed by atoms with E-state index in [0.717, 1.165) is 7.11 Å². The molecule has 0 saturated carbocycles. The lowest BCUT2D eigenvalue weighted by atomic mass is 9.95. The summed E-state index contributed by atoms with van der Waals surface area (Å²) in [5.74, 6) is -1.66. The van der Waals surface area contributed by atoms with Crippen molar-refractivity contribution in [3.63, 3.8) is 0 Å². The second-order valence-corrected chi connectivity index (χ2v) is 3.00. The normalized spacial score (nSPS) is 42.7. The molecule has 1 fully saturated rings. The first-order valence-corrected chi connectivity index (χ1v) is 3.91. The number of aliphatic hydroxyl groups excluding tert-OH is 2. The fourth-order valence-corrected chi connectivity index (χ4v) is 1.46. The number of carbonyl (C=O) groups is 1. The summed E-state index contributed by atoms with van der Waals surface area (Å²) >= 11 is 0. The quantitative estimate of drug-likeness (QED) is 0.406. The molecule has 1 rings (SSSR count). The van der Waals surface area contributed by atoms with Gasteiger partial charge in [0, 0.05) is 7.11 Å². The maximum atomic E-state index is 10.7. The second-order valence-electron chi connectivity index (χ2n) is 3.00. The molecule has 1 aliphatic rings. The first-order chi connectivity index (χ1) is 6.48. The molecule has 0 aliphatic carbocycles. The number of rotatable bonds is 3. The van der Waals surface area contributed by atoms with E-state index in [1.807, 2.05) is 0 Å². The van der Waals surface area contributed by atoms with Crippen LogP contribution in [0.1, 0.15) is 0 Å². The molecule has 4 N–H and O–H groups in total. The molecule has 0 aromatic rings. The molecule has 7 heteroatoms. The van der Waals surface area contributed by atoms with Crippen LogP contribution < -0.4 is 0 Å². The number of hydrogen-bond donors (Lipinski definition) is 4. The Morgan fingerprint density at radius 3 is 2.57 bits per heavy atom. The van der Waals surface area contributed by atoms with E-state index in [-0.39, 0.29) is 0 Å². The molecule has 4 atom stereocenters. The summed E-state index contributed by atoms with van der Waals surface area (Å²) < 4.78 is 9.33. The first-order valence-electron chi connectivity index (χ1n) is 3.91. The molecule has 0 radical (unpaired) electrons. The number of aliphatic carboxylic acids is 1. The first kappa shape index (κ1) is 11.3. The molecule has 0 spiro atoms. The zero-order valence-corrected chi connectivity index (χ0v) is 7.45. The van der Waals surface area contributed by atoms with Crippen LogP contribution in [-0.2, 0) is 14.3 Å². The average molecular weight is 208 g/mol. The monoisotopic (exact) mass is 208 g/mol. The van der Waals surface area contributed by atoms with E-state index in [1.165, 1.54) is 0 Å². The van der Waals surface area contributed by atoms with Crippen LogP contribution >= 0.6 is 0 Å². The molecule has 82 valence electrons. The highest BCUT2D eigenvalue weighted by atomic mass is 16.7. The van der Waals surface area contributed by atoms with Gasteiger partial charge in [0.25, 0.3) is 0 Å². The molecular weight excluding hydrogens is 196 g/mol. The van der Waals surface area contributed by atoms with Crippen molar-refractivity contribution >= 4 is 5.97 Å². The molecule has 0 bridgehead atoms. The third kappa shape index (κ3) is 1.39. The van der Waals surface area contributed by atoms with Crippen LogP contribution in [0.25, 0.3) is 0 Å². The second kappa shape index (κ2) is 3.79. The van der Waals surface area contributed by atoms with Gasteiger partial charge in [-0.05, 0) is 0 Å². The van der Waals surface area contributed by atoms with Crippen molar-refractivity contribution in [2.75, 3.05) is 13.7 Å². The maximum Gasteiger partial charge on any atom is 0.344 e. The summed E-state index contributed by atoms with van der Waals surface area (Å²) in [4.78, 5) is 10.7. The third-order valence-electron chi connectivity index (χ3n) is 2.23. The van der Waals surface area contributed by atoms with Crippen LogP contribution in [0.4, 0.5) is 0 Å². The topological polar surface area (TPSA) is 116 Å². The lowest BCUT2D eigenvalue weighted by Crippen LogP contribution is -2.55. The van der Waals surface area contributed by atoms with Gasteiger partial charge in [-0.2, -0.15) is 0 Å². The summed E-state index contributed by atoms with van der Waals surface area (Å²) in [6.45, 7) is -0.550. The van der Waals surface area contributed by atoms with Crippen molar-refractivity contribution in [1.29, 1.82) is 0 Å². The maximum absolute atomic E-state index is 10.7. The van der Waals surface area contributed by atoms with Crippen molar-refractivity contribution < 1.29 is 34.7 Å². The van der Waals surface area contributed by atoms with Crippen LogP contribution in [0.2, 0.25) is 0 Å². The van der Waals surface area contributed by atoms with Gasteiger partial charge in [0.1, 0.15) is 12.2 Å². The minimum absolute atomic E-state index is 0.550. The third-order valence-corrected chi connectivity index (χ3v) is 2.23. The van der Waals surface area contributed by atoms with E-state index in [2.05, 4.69) is 9.47 Å². The van der Waals surface area contributed by atoms with Gasteiger partial charge in [-0.25, -0.2) is 4.79 Å². The summed E-state index contributed by atoms with van der Waals surface area (Å²) in [6.07, 6.45) is -4.28. The average Bonchev–Trinajstić information content (AvgIpc) is 2.40. The van der Waals surface area contributed by atoms with Gasteiger partial charge in [0.15, 0.2) is 6.29 Å². The molecule has 4 unspecified atom stereocenters. The van der Waals surface area contributed by atoms with Gasteiger partial charge in [-0.3, -0.25) is 0 Å². The van der Waals surface area contributed by atoms with E-state index < -0.39 is 36.7 Å². The Kier molecular flexibility index (Phi) is 3.07. The van der Waals surface area contributed by atoms with Crippen LogP contribution in [0.15, 0.2) is 0 Å². The van der Waals surface area contributed by atoms with Gasteiger partial charge < -0.3 is 29.9 Å². The van der Waals surface area contributed by atoms with E-state index in [1.54, 1.807) is 0 Å².